The van der Waals surface area contributed by atoms with Gasteiger partial charge >= 0.3 is 6.03 Å². The third kappa shape index (κ3) is 1.76. The van der Waals surface area contributed by atoms with Crippen LogP contribution in [0, 0.1) is 11.8 Å². The quantitative estimate of drug-likeness (QED) is 0.675. The zero-order chi connectivity index (χ0) is 14.4. The zero-order valence-corrected chi connectivity index (χ0v) is 12.0. The minimum Gasteiger partial charge on any atom is -0.334 e. The van der Waals surface area contributed by atoms with Crippen molar-refractivity contribution in [1.29, 1.82) is 0 Å². The lowest BCUT2D eigenvalue weighted by Gasteiger charge is -2.14. The van der Waals surface area contributed by atoms with Crippen LogP contribution < -0.4 is 10.2 Å². The monoisotopic (exact) mass is 297 g/mol. The Morgan fingerprint density at radius 1 is 1.48 bits per heavy atom. The second kappa shape index (κ2) is 4.46. The Morgan fingerprint density at radius 3 is 3.24 bits per heavy atom. The number of amides is 2. The van der Waals surface area contributed by atoms with Gasteiger partial charge < -0.3 is 5.32 Å². The van der Waals surface area contributed by atoms with Crippen LogP contribution in [0.3, 0.4) is 0 Å². The van der Waals surface area contributed by atoms with Gasteiger partial charge in [0.1, 0.15) is 6.04 Å². The van der Waals surface area contributed by atoms with Gasteiger partial charge in [0.15, 0.2) is 5.13 Å². The van der Waals surface area contributed by atoms with Gasteiger partial charge in [-0.2, -0.15) is 5.10 Å². The number of carbonyl (C=O) groups is 1. The van der Waals surface area contributed by atoms with E-state index in [4.69, 9.17) is 0 Å². The molecule has 2 aromatic heterocycles. The van der Waals surface area contributed by atoms with Gasteiger partial charge in [-0.1, -0.05) is 17.3 Å². The summed E-state index contributed by atoms with van der Waals surface area (Å²) in [6, 6.07) is 3.65. The summed E-state index contributed by atoms with van der Waals surface area (Å²) < 4.78 is 1.03. The van der Waals surface area contributed by atoms with Crippen molar-refractivity contribution in [2.75, 3.05) is 11.4 Å². The van der Waals surface area contributed by atoms with Crippen LogP contribution >= 0.6 is 11.3 Å². The maximum absolute atomic E-state index is 12.0. The molecule has 0 bridgehead atoms. The van der Waals surface area contributed by atoms with Crippen molar-refractivity contribution in [3.05, 3.63) is 18.3 Å². The Hall–Kier alpha value is -2.59. The first kappa shape index (κ1) is 12.2. The highest BCUT2D eigenvalue weighted by molar-refractivity contribution is 7.22. The van der Waals surface area contributed by atoms with Gasteiger partial charge in [0.2, 0.25) is 0 Å². The van der Waals surface area contributed by atoms with E-state index in [1.807, 2.05) is 12.1 Å². The second-order valence-electron chi connectivity index (χ2n) is 4.71. The number of thiazole rings is 1. The Morgan fingerprint density at radius 2 is 2.38 bits per heavy atom. The summed E-state index contributed by atoms with van der Waals surface area (Å²) in [6.07, 6.45) is 1.76. The molecular formula is C14H11N5OS. The number of urea groups is 1. The average Bonchev–Trinajstić information content (AvgIpc) is 3.15. The Bertz CT molecular complexity index is 916. The molecular weight excluding hydrogens is 286 g/mol. The first-order valence-electron chi connectivity index (χ1n) is 6.50. The molecule has 2 amide bonds. The molecule has 7 heteroatoms. The van der Waals surface area contributed by atoms with Crippen molar-refractivity contribution >= 4 is 43.6 Å². The molecule has 1 aliphatic heterocycles. The van der Waals surface area contributed by atoms with Gasteiger partial charge in [0.05, 0.1) is 28.5 Å². The molecule has 0 spiro atoms. The maximum atomic E-state index is 12.0. The van der Waals surface area contributed by atoms with Gasteiger partial charge in [-0.25, -0.2) is 9.78 Å². The summed E-state index contributed by atoms with van der Waals surface area (Å²) in [4.78, 5) is 18.3. The van der Waals surface area contributed by atoms with E-state index < -0.39 is 0 Å². The number of aromatic nitrogens is 3. The van der Waals surface area contributed by atoms with E-state index >= 15 is 0 Å². The predicted molar refractivity (Wildman–Crippen MR) is 82.4 cm³/mol. The number of H-pyrrole nitrogens is 1. The molecule has 0 saturated carbocycles. The highest BCUT2D eigenvalue weighted by Gasteiger charge is 2.33. The molecule has 4 rings (SSSR count). The largest absolute Gasteiger partial charge is 0.334 e. The van der Waals surface area contributed by atoms with Crippen LogP contribution in [0.15, 0.2) is 18.3 Å². The van der Waals surface area contributed by atoms with Crippen molar-refractivity contribution in [1.82, 2.24) is 20.5 Å². The number of fused-ring (bicyclic) bond motifs is 3. The Kier molecular flexibility index (Phi) is 2.59. The van der Waals surface area contributed by atoms with Gasteiger partial charge in [-0.3, -0.25) is 10.00 Å². The molecule has 3 aromatic rings. The lowest BCUT2D eigenvalue weighted by molar-refractivity contribution is 0.252. The van der Waals surface area contributed by atoms with Crippen molar-refractivity contribution < 1.29 is 4.79 Å². The van der Waals surface area contributed by atoms with E-state index in [2.05, 4.69) is 32.3 Å². The molecule has 3 heterocycles. The molecule has 6 nitrogen and oxygen atoms in total. The standard InChI is InChI=1S/C14H11N5OS/c1-2-3-8-6-15-13(20)19(8)14-17-12-9-7-16-18-10(9)4-5-11(12)21-14/h4-5,7-8H,6H2,1H3,(H,15,20)(H,16,18)/t8-/m1/s1. The smallest absolute Gasteiger partial charge is 0.324 e. The topological polar surface area (TPSA) is 73.9 Å². The summed E-state index contributed by atoms with van der Waals surface area (Å²) >= 11 is 1.49. The molecule has 0 aliphatic carbocycles. The van der Waals surface area contributed by atoms with Gasteiger partial charge in [-0.05, 0) is 19.1 Å². The number of aromatic amines is 1. The minimum absolute atomic E-state index is 0.148. The minimum atomic E-state index is -0.164. The van der Waals surface area contributed by atoms with Crippen molar-refractivity contribution in [2.24, 2.45) is 0 Å². The first-order valence-corrected chi connectivity index (χ1v) is 7.31. The van der Waals surface area contributed by atoms with Crippen LogP contribution in [-0.4, -0.2) is 33.8 Å². The summed E-state index contributed by atoms with van der Waals surface area (Å²) in [5.41, 5.74) is 1.80. The fourth-order valence-electron chi connectivity index (χ4n) is 2.50. The molecule has 1 saturated heterocycles. The van der Waals surface area contributed by atoms with Crippen molar-refractivity contribution in [3.63, 3.8) is 0 Å². The molecule has 1 aliphatic rings. The number of rotatable bonds is 1. The summed E-state index contributed by atoms with van der Waals surface area (Å²) in [7, 11) is 0. The molecule has 0 radical (unpaired) electrons. The number of nitrogens with zero attached hydrogens (tertiary/aromatic N) is 3. The lowest BCUT2D eigenvalue weighted by atomic mass is 10.2. The van der Waals surface area contributed by atoms with Crippen molar-refractivity contribution in [2.45, 2.75) is 13.0 Å². The predicted octanol–water partition coefficient (Wildman–Crippen LogP) is 2.09. The molecule has 21 heavy (non-hydrogen) atoms. The van der Waals surface area contributed by atoms with E-state index in [9.17, 15) is 4.79 Å². The molecule has 2 N–H and O–H groups in total. The normalized spacial score (nSPS) is 18.0. The van der Waals surface area contributed by atoms with Crippen LogP contribution in [-0.2, 0) is 0 Å². The van der Waals surface area contributed by atoms with Crippen LogP contribution in [0.2, 0.25) is 0 Å². The van der Waals surface area contributed by atoms with Gasteiger partial charge in [-0.15, -0.1) is 5.92 Å². The zero-order valence-electron chi connectivity index (χ0n) is 11.2. The summed E-state index contributed by atoms with van der Waals surface area (Å²) in [6.45, 7) is 2.30. The van der Waals surface area contributed by atoms with Crippen LogP contribution in [0.25, 0.3) is 21.1 Å². The molecule has 1 aromatic carbocycles. The summed E-state index contributed by atoms with van der Waals surface area (Å²) in [5.74, 6) is 5.91. The highest BCUT2D eigenvalue weighted by atomic mass is 32.1. The average molecular weight is 297 g/mol. The highest BCUT2D eigenvalue weighted by Crippen LogP contribution is 2.34. The molecule has 1 fully saturated rings. The number of anilines is 1. The molecule has 1 atom stereocenters. The number of hydrogen-bond acceptors (Lipinski definition) is 4. The number of nitrogens with one attached hydrogen (secondary N) is 2. The third-order valence-electron chi connectivity index (χ3n) is 3.46. The Labute approximate surface area is 124 Å². The maximum Gasteiger partial charge on any atom is 0.324 e. The third-order valence-corrected chi connectivity index (χ3v) is 4.48. The SMILES string of the molecule is CC#C[C@@H]1CNC(=O)N1c1nc2c(ccc3[nH]ncc32)s1. The van der Waals surface area contributed by atoms with Crippen LogP contribution in [0.4, 0.5) is 9.93 Å². The van der Waals surface area contributed by atoms with E-state index in [-0.39, 0.29) is 12.1 Å². The van der Waals surface area contributed by atoms with E-state index in [1.165, 1.54) is 11.3 Å². The van der Waals surface area contributed by atoms with Crippen LogP contribution in [0.5, 0.6) is 0 Å². The fourth-order valence-corrected chi connectivity index (χ4v) is 3.53. The Balaban J connectivity index is 1.89. The summed E-state index contributed by atoms with van der Waals surface area (Å²) in [5, 5.41) is 11.4. The first-order chi connectivity index (χ1) is 10.3. The lowest BCUT2D eigenvalue weighted by Crippen LogP contribution is -2.33. The number of hydrogen-bond donors (Lipinski definition) is 2. The van der Waals surface area contributed by atoms with E-state index in [0.29, 0.717) is 11.7 Å². The number of carbonyl (C=O) groups excluding carboxylic acids is 1. The van der Waals surface area contributed by atoms with E-state index in [1.54, 1.807) is 18.0 Å². The second-order valence-corrected chi connectivity index (χ2v) is 5.72. The van der Waals surface area contributed by atoms with Gasteiger partial charge in [0, 0.05) is 5.39 Å². The van der Waals surface area contributed by atoms with Crippen LogP contribution in [0.1, 0.15) is 6.92 Å². The van der Waals surface area contributed by atoms with E-state index in [0.717, 1.165) is 21.1 Å². The molecule has 0 unspecified atom stereocenters. The number of benzene rings is 1. The molecule has 104 valence electrons. The van der Waals surface area contributed by atoms with Crippen molar-refractivity contribution in [3.8, 4) is 11.8 Å². The van der Waals surface area contributed by atoms with Gasteiger partial charge in [0.25, 0.3) is 0 Å². The fraction of sp³-hybridized carbons (Fsp3) is 0.214.